The number of thioether (sulfide) groups is 1. The highest BCUT2D eigenvalue weighted by atomic mass is 32.2. The van der Waals surface area contributed by atoms with E-state index in [0.717, 1.165) is 31.2 Å². The molecule has 0 aromatic heterocycles. The molecule has 122 valence electrons. The molecule has 0 saturated heterocycles. The summed E-state index contributed by atoms with van der Waals surface area (Å²) in [4.78, 5) is 13.1. The predicted octanol–water partition coefficient (Wildman–Crippen LogP) is 3.07. The van der Waals surface area contributed by atoms with E-state index in [1.54, 1.807) is 11.8 Å². The SMILES string of the molecule is CSc1cc(C)ccc1CNC(=O)NCC1CCCC(O)C1. The molecule has 2 amide bonds. The quantitative estimate of drug-likeness (QED) is 0.730. The molecule has 0 radical (unpaired) electrons. The Balaban J connectivity index is 1.75. The summed E-state index contributed by atoms with van der Waals surface area (Å²) in [5, 5.41) is 15.5. The highest BCUT2D eigenvalue weighted by Gasteiger charge is 2.20. The van der Waals surface area contributed by atoms with Gasteiger partial charge in [0, 0.05) is 18.0 Å². The molecule has 1 aliphatic rings. The van der Waals surface area contributed by atoms with Crippen LogP contribution in [0.15, 0.2) is 23.1 Å². The normalized spacial score (nSPS) is 21.4. The van der Waals surface area contributed by atoms with Gasteiger partial charge in [0.1, 0.15) is 0 Å². The van der Waals surface area contributed by atoms with Crippen molar-refractivity contribution in [2.45, 2.75) is 50.2 Å². The molecule has 3 N–H and O–H groups in total. The number of aryl methyl sites for hydroxylation is 1. The Morgan fingerprint density at radius 2 is 2.18 bits per heavy atom. The zero-order valence-corrected chi connectivity index (χ0v) is 14.2. The van der Waals surface area contributed by atoms with Gasteiger partial charge in [0.05, 0.1) is 6.10 Å². The minimum absolute atomic E-state index is 0.132. The Morgan fingerprint density at radius 3 is 2.91 bits per heavy atom. The van der Waals surface area contributed by atoms with Gasteiger partial charge in [-0.15, -0.1) is 11.8 Å². The van der Waals surface area contributed by atoms with E-state index in [0.29, 0.717) is 19.0 Å². The molecule has 0 aliphatic heterocycles. The highest BCUT2D eigenvalue weighted by Crippen LogP contribution is 2.23. The number of hydrogen-bond acceptors (Lipinski definition) is 3. The van der Waals surface area contributed by atoms with Gasteiger partial charge in [-0.3, -0.25) is 0 Å². The van der Waals surface area contributed by atoms with Crippen molar-refractivity contribution in [1.29, 1.82) is 0 Å². The van der Waals surface area contributed by atoms with Crippen LogP contribution >= 0.6 is 11.8 Å². The fourth-order valence-corrected chi connectivity index (χ4v) is 3.63. The third-order valence-electron chi connectivity index (χ3n) is 4.19. The van der Waals surface area contributed by atoms with Crippen molar-refractivity contribution >= 4 is 17.8 Å². The van der Waals surface area contributed by atoms with Crippen LogP contribution < -0.4 is 10.6 Å². The van der Waals surface area contributed by atoms with Crippen LogP contribution in [0.25, 0.3) is 0 Å². The third kappa shape index (κ3) is 5.21. The molecule has 1 aromatic rings. The topological polar surface area (TPSA) is 61.4 Å². The van der Waals surface area contributed by atoms with Gasteiger partial charge < -0.3 is 15.7 Å². The summed E-state index contributed by atoms with van der Waals surface area (Å²) in [6.07, 6.45) is 5.69. The van der Waals surface area contributed by atoms with E-state index in [4.69, 9.17) is 0 Å². The molecule has 1 aromatic carbocycles. The molecule has 4 nitrogen and oxygen atoms in total. The van der Waals surface area contributed by atoms with Crippen molar-refractivity contribution < 1.29 is 9.90 Å². The first kappa shape index (κ1) is 17.2. The first-order valence-electron chi connectivity index (χ1n) is 7.91. The Morgan fingerprint density at radius 1 is 1.36 bits per heavy atom. The molecule has 2 unspecified atom stereocenters. The van der Waals surface area contributed by atoms with E-state index in [2.05, 4.69) is 35.8 Å². The van der Waals surface area contributed by atoms with Crippen LogP contribution in [0.4, 0.5) is 4.79 Å². The Labute approximate surface area is 137 Å². The molecule has 2 atom stereocenters. The number of hydrogen-bond donors (Lipinski definition) is 3. The molecule has 2 rings (SSSR count). The van der Waals surface area contributed by atoms with E-state index in [9.17, 15) is 9.90 Å². The van der Waals surface area contributed by atoms with Crippen molar-refractivity contribution in [3.05, 3.63) is 29.3 Å². The number of urea groups is 1. The lowest BCUT2D eigenvalue weighted by atomic mass is 9.87. The molecule has 1 fully saturated rings. The van der Waals surface area contributed by atoms with Gasteiger partial charge in [0.2, 0.25) is 0 Å². The Hall–Kier alpha value is -1.20. The van der Waals surface area contributed by atoms with Gasteiger partial charge in [-0.25, -0.2) is 4.79 Å². The van der Waals surface area contributed by atoms with Gasteiger partial charge >= 0.3 is 6.03 Å². The molecule has 1 aliphatic carbocycles. The average Bonchev–Trinajstić information content (AvgIpc) is 2.51. The van der Waals surface area contributed by atoms with Crippen LogP contribution in [0, 0.1) is 12.8 Å². The monoisotopic (exact) mass is 322 g/mol. The third-order valence-corrected chi connectivity index (χ3v) is 5.01. The van der Waals surface area contributed by atoms with E-state index >= 15 is 0 Å². The van der Waals surface area contributed by atoms with Crippen LogP contribution in [0.5, 0.6) is 0 Å². The molecular weight excluding hydrogens is 296 g/mol. The number of benzene rings is 1. The fraction of sp³-hybridized carbons (Fsp3) is 0.588. The molecule has 0 heterocycles. The number of carbonyl (C=O) groups excluding carboxylic acids is 1. The largest absolute Gasteiger partial charge is 0.393 e. The molecule has 22 heavy (non-hydrogen) atoms. The molecule has 0 bridgehead atoms. The lowest BCUT2D eigenvalue weighted by Gasteiger charge is -2.25. The number of aliphatic hydroxyl groups excluding tert-OH is 1. The fourth-order valence-electron chi connectivity index (χ4n) is 2.92. The maximum absolute atomic E-state index is 11.9. The van der Waals surface area contributed by atoms with Crippen LogP contribution in [-0.2, 0) is 6.54 Å². The maximum atomic E-state index is 11.9. The Kier molecular flexibility index (Phi) is 6.58. The van der Waals surface area contributed by atoms with Crippen molar-refractivity contribution in [3.8, 4) is 0 Å². The van der Waals surface area contributed by atoms with E-state index in [-0.39, 0.29) is 12.1 Å². The number of aliphatic hydroxyl groups is 1. The molecular formula is C17H26N2O2S. The highest BCUT2D eigenvalue weighted by molar-refractivity contribution is 7.98. The van der Waals surface area contributed by atoms with Crippen LogP contribution in [-0.4, -0.2) is 30.0 Å². The van der Waals surface area contributed by atoms with Gasteiger partial charge in [-0.1, -0.05) is 18.6 Å². The van der Waals surface area contributed by atoms with Crippen molar-refractivity contribution in [2.24, 2.45) is 5.92 Å². The van der Waals surface area contributed by atoms with Gasteiger partial charge in [-0.05, 0) is 55.6 Å². The standard InChI is InChI=1S/C17H26N2O2S/c1-12-6-7-14(16(8-12)22-2)11-19-17(21)18-10-13-4-3-5-15(20)9-13/h6-8,13,15,20H,3-5,9-11H2,1-2H3,(H2,18,19,21). The van der Waals surface area contributed by atoms with Crippen molar-refractivity contribution in [3.63, 3.8) is 0 Å². The molecule has 0 spiro atoms. The number of rotatable bonds is 5. The summed E-state index contributed by atoms with van der Waals surface area (Å²) in [5.74, 6) is 0.399. The number of carbonyl (C=O) groups is 1. The van der Waals surface area contributed by atoms with Crippen molar-refractivity contribution in [1.82, 2.24) is 10.6 Å². The summed E-state index contributed by atoms with van der Waals surface area (Å²) in [6, 6.07) is 6.15. The minimum atomic E-state index is -0.194. The van der Waals surface area contributed by atoms with Crippen LogP contribution in [0.2, 0.25) is 0 Å². The first-order valence-corrected chi connectivity index (χ1v) is 9.14. The second kappa shape index (κ2) is 8.44. The maximum Gasteiger partial charge on any atom is 0.315 e. The number of nitrogens with one attached hydrogen (secondary N) is 2. The lowest BCUT2D eigenvalue weighted by Crippen LogP contribution is -2.39. The van der Waals surface area contributed by atoms with E-state index in [1.807, 2.05) is 6.26 Å². The summed E-state index contributed by atoms with van der Waals surface area (Å²) in [6.45, 7) is 3.25. The zero-order valence-electron chi connectivity index (χ0n) is 13.4. The summed E-state index contributed by atoms with van der Waals surface area (Å²) in [7, 11) is 0. The minimum Gasteiger partial charge on any atom is -0.393 e. The van der Waals surface area contributed by atoms with E-state index < -0.39 is 0 Å². The van der Waals surface area contributed by atoms with Crippen LogP contribution in [0.3, 0.4) is 0 Å². The second-order valence-corrected chi connectivity index (χ2v) is 6.91. The van der Waals surface area contributed by atoms with E-state index in [1.165, 1.54) is 10.5 Å². The molecule has 5 heteroatoms. The zero-order chi connectivity index (χ0) is 15.9. The predicted molar refractivity (Wildman–Crippen MR) is 91.2 cm³/mol. The first-order chi connectivity index (χ1) is 10.6. The summed E-state index contributed by atoms with van der Waals surface area (Å²) >= 11 is 1.70. The van der Waals surface area contributed by atoms with Crippen LogP contribution in [0.1, 0.15) is 36.8 Å². The lowest BCUT2D eigenvalue weighted by molar-refractivity contribution is 0.101. The summed E-state index contributed by atoms with van der Waals surface area (Å²) < 4.78 is 0. The second-order valence-electron chi connectivity index (χ2n) is 6.07. The van der Waals surface area contributed by atoms with Gasteiger partial charge in [-0.2, -0.15) is 0 Å². The van der Waals surface area contributed by atoms with Gasteiger partial charge in [0.15, 0.2) is 0 Å². The van der Waals surface area contributed by atoms with Gasteiger partial charge in [0.25, 0.3) is 0 Å². The smallest absolute Gasteiger partial charge is 0.315 e. The summed E-state index contributed by atoms with van der Waals surface area (Å²) in [5.41, 5.74) is 2.37. The molecule has 1 saturated carbocycles. The average molecular weight is 322 g/mol. The van der Waals surface area contributed by atoms with Crippen molar-refractivity contribution in [2.75, 3.05) is 12.8 Å². The Bertz CT molecular complexity index is 507. The number of amides is 2.